The topological polar surface area (TPSA) is 99.3 Å². The lowest BCUT2D eigenvalue weighted by atomic mass is 10.1. The molecule has 1 saturated heterocycles. The second-order valence-electron chi connectivity index (χ2n) is 5.47. The van der Waals surface area contributed by atoms with Gasteiger partial charge in [-0.2, -0.15) is 0 Å². The van der Waals surface area contributed by atoms with Crippen molar-refractivity contribution in [2.24, 2.45) is 5.73 Å². The normalized spacial score (nSPS) is 31.1. The van der Waals surface area contributed by atoms with Gasteiger partial charge >= 0.3 is 5.69 Å². The Bertz CT molecular complexity index is 673. The van der Waals surface area contributed by atoms with Gasteiger partial charge in [0, 0.05) is 18.8 Å². The van der Waals surface area contributed by atoms with Gasteiger partial charge in [-0.25, -0.2) is 4.79 Å². The molecule has 20 heavy (non-hydrogen) atoms. The Kier molecular flexibility index (Phi) is 2.93. The predicted octanol–water partition coefficient (Wildman–Crippen LogP) is -0.503. The maximum Gasteiger partial charge on any atom is 0.328 e. The monoisotopic (exact) mass is 279 g/mol. The Balaban J connectivity index is 2.03. The van der Waals surface area contributed by atoms with Crippen LogP contribution in [0.4, 0.5) is 0 Å². The molecule has 3 rings (SSSR count). The molecule has 1 aromatic heterocycles. The van der Waals surface area contributed by atoms with Crippen molar-refractivity contribution in [3.05, 3.63) is 44.8 Å². The van der Waals surface area contributed by atoms with Gasteiger partial charge in [0.1, 0.15) is 12.2 Å². The minimum atomic E-state index is -0.714. The molecule has 0 saturated carbocycles. The van der Waals surface area contributed by atoms with E-state index in [4.69, 9.17) is 15.2 Å². The van der Waals surface area contributed by atoms with E-state index in [1.54, 1.807) is 0 Å². The van der Waals surface area contributed by atoms with Crippen LogP contribution in [0.15, 0.2) is 33.5 Å². The van der Waals surface area contributed by atoms with Gasteiger partial charge in [-0.15, -0.1) is 0 Å². The molecule has 0 radical (unpaired) electrons. The van der Waals surface area contributed by atoms with Gasteiger partial charge < -0.3 is 15.2 Å². The van der Waals surface area contributed by atoms with Crippen molar-refractivity contribution in [1.82, 2.24) is 9.55 Å². The minimum absolute atomic E-state index is 0.251. The highest BCUT2D eigenvalue weighted by atomic mass is 16.8. The minimum Gasteiger partial charge on any atom is -0.342 e. The SMILES string of the molecule is CC1(C)OC2C(CN)=CC(n3ccc(=O)[nH]c3=O)C2O1. The van der Waals surface area contributed by atoms with E-state index in [1.165, 1.54) is 16.8 Å². The molecular weight excluding hydrogens is 262 g/mol. The van der Waals surface area contributed by atoms with E-state index in [-0.39, 0.29) is 18.2 Å². The molecule has 0 amide bonds. The van der Waals surface area contributed by atoms with Crippen molar-refractivity contribution < 1.29 is 9.47 Å². The molecule has 7 heteroatoms. The fraction of sp³-hybridized carbons (Fsp3) is 0.538. The van der Waals surface area contributed by atoms with Crippen LogP contribution in [0.3, 0.4) is 0 Å². The first-order valence-corrected chi connectivity index (χ1v) is 6.49. The molecule has 3 unspecified atom stereocenters. The molecule has 1 aromatic rings. The average molecular weight is 279 g/mol. The number of nitrogens with zero attached hydrogens (tertiary/aromatic N) is 1. The van der Waals surface area contributed by atoms with E-state index in [0.29, 0.717) is 6.54 Å². The highest BCUT2D eigenvalue weighted by molar-refractivity contribution is 5.26. The molecule has 2 aliphatic rings. The van der Waals surface area contributed by atoms with E-state index < -0.39 is 17.0 Å². The van der Waals surface area contributed by atoms with Gasteiger partial charge in [0.05, 0.1) is 6.04 Å². The zero-order chi connectivity index (χ0) is 14.5. The molecule has 1 fully saturated rings. The fourth-order valence-electron chi connectivity index (χ4n) is 2.82. The van der Waals surface area contributed by atoms with E-state index in [2.05, 4.69) is 4.98 Å². The van der Waals surface area contributed by atoms with E-state index in [0.717, 1.165) is 5.57 Å². The van der Waals surface area contributed by atoms with Gasteiger partial charge in [0.15, 0.2) is 5.79 Å². The van der Waals surface area contributed by atoms with Crippen molar-refractivity contribution in [3.8, 4) is 0 Å². The number of nitrogens with one attached hydrogen (secondary N) is 1. The quantitative estimate of drug-likeness (QED) is 0.711. The molecule has 2 heterocycles. The van der Waals surface area contributed by atoms with Crippen molar-refractivity contribution >= 4 is 0 Å². The number of nitrogens with two attached hydrogens (primary N) is 1. The number of aromatic nitrogens is 2. The Hall–Kier alpha value is -1.70. The summed E-state index contributed by atoms with van der Waals surface area (Å²) in [6, 6.07) is 0.982. The molecule has 7 nitrogen and oxygen atoms in total. The van der Waals surface area contributed by atoms with Crippen LogP contribution in [0.1, 0.15) is 19.9 Å². The molecule has 0 bridgehead atoms. The third-order valence-corrected chi connectivity index (χ3v) is 3.62. The highest BCUT2D eigenvalue weighted by Crippen LogP contribution is 2.42. The number of hydrogen-bond acceptors (Lipinski definition) is 5. The molecule has 3 atom stereocenters. The Morgan fingerprint density at radius 2 is 2.15 bits per heavy atom. The number of ether oxygens (including phenoxy) is 2. The largest absolute Gasteiger partial charge is 0.342 e. The zero-order valence-corrected chi connectivity index (χ0v) is 11.3. The molecule has 0 aromatic carbocycles. The fourth-order valence-corrected chi connectivity index (χ4v) is 2.82. The number of rotatable bonds is 2. The predicted molar refractivity (Wildman–Crippen MR) is 71.3 cm³/mol. The number of hydrogen-bond donors (Lipinski definition) is 2. The lowest BCUT2D eigenvalue weighted by Gasteiger charge is -2.21. The van der Waals surface area contributed by atoms with E-state index in [9.17, 15) is 9.59 Å². The van der Waals surface area contributed by atoms with Crippen molar-refractivity contribution in [3.63, 3.8) is 0 Å². The maximum atomic E-state index is 11.9. The Morgan fingerprint density at radius 3 is 2.80 bits per heavy atom. The van der Waals surface area contributed by atoms with Crippen LogP contribution in [-0.2, 0) is 9.47 Å². The number of fused-ring (bicyclic) bond motifs is 1. The first-order chi connectivity index (χ1) is 9.41. The first kappa shape index (κ1) is 13.3. The molecule has 0 spiro atoms. The summed E-state index contributed by atoms with van der Waals surface area (Å²) in [4.78, 5) is 25.3. The summed E-state index contributed by atoms with van der Waals surface area (Å²) in [5.74, 6) is -0.714. The first-order valence-electron chi connectivity index (χ1n) is 6.49. The summed E-state index contributed by atoms with van der Waals surface area (Å²) >= 11 is 0. The summed E-state index contributed by atoms with van der Waals surface area (Å²) in [5, 5.41) is 0. The summed E-state index contributed by atoms with van der Waals surface area (Å²) < 4.78 is 13.1. The van der Waals surface area contributed by atoms with Crippen LogP contribution >= 0.6 is 0 Å². The van der Waals surface area contributed by atoms with Crippen LogP contribution in [0.25, 0.3) is 0 Å². The van der Waals surface area contributed by atoms with Crippen LogP contribution in [0.5, 0.6) is 0 Å². The second kappa shape index (κ2) is 4.41. The standard InChI is InChI=1S/C13H17N3O4/c1-13(2)19-10-7(6-14)5-8(11(10)20-13)16-4-3-9(17)15-12(16)18/h3-5,8,10-11H,6,14H2,1-2H3,(H,15,17,18). The lowest BCUT2D eigenvalue weighted by Crippen LogP contribution is -2.37. The summed E-state index contributed by atoms with van der Waals surface area (Å²) in [5.41, 5.74) is 5.75. The van der Waals surface area contributed by atoms with Crippen molar-refractivity contribution in [2.75, 3.05) is 6.54 Å². The van der Waals surface area contributed by atoms with Crippen LogP contribution in [-0.4, -0.2) is 34.1 Å². The number of aromatic amines is 1. The average Bonchev–Trinajstić information content (AvgIpc) is 2.83. The third-order valence-electron chi connectivity index (χ3n) is 3.62. The molecular formula is C13H17N3O4. The Labute approximate surface area is 115 Å². The Morgan fingerprint density at radius 1 is 1.40 bits per heavy atom. The number of H-pyrrole nitrogens is 1. The van der Waals surface area contributed by atoms with Gasteiger partial charge in [0.2, 0.25) is 0 Å². The van der Waals surface area contributed by atoms with Crippen LogP contribution < -0.4 is 17.0 Å². The van der Waals surface area contributed by atoms with E-state index >= 15 is 0 Å². The molecule has 1 aliphatic heterocycles. The molecule has 3 N–H and O–H groups in total. The smallest absolute Gasteiger partial charge is 0.328 e. The lowest BCUT2D eigenvalue weighted by molar-refractivity contribution is -0.148. The van der Waals surface area contributed by atoms with Crippen LogP contribution in [0.2, 0.25) is 0 Å². The summed E-state index contributed by atoms with van der Waals surface area (Å²) in [6.45, 7) is 3.99. The van der Waals surface area contributed by atoms with Crippen LogP contribution in [0, 0.1) is 0 Å². The van der Waals surface area contributed by atoms with Crippen molar-refractivity contribution in [2.45, 2.75) is 37.9 Å². The van der Waals surface area contributed by atoms with Gasteiger partial charge in [-0.05, 0) is 19.4 Å². The maximum absolute atomic E-state index is 11.9. The van der Waals surface area contributed by atoms with Crippen molar-refractivity contribution in [1.29, 1.82) is 0 Å². The van der Waals surface area contributed by atoms with Gasteiger partial charge in [-0.3, -0.25) is 14.3 Å². The summed E-state index contributed by atoms with van der Waals surface area (Å²) in [6.07, 6.45) is 2.78. The van der Waals surface area contributed by atoms with Gasteiger partial charge in [0.25, 0.3) is 5.56 Å². The molecule has 1 aliphatic carbocycles. The summed E-state index contributed by atoms with van der Waals surface area (Å²) in [7, 11) is 0. The van der Waals surface area contributed by atoms with E-state index in [1.807, 2.05) is 19.9 Å². The third kappa shape index (κ3) is 2.04. The second-order valence-corrected chi connectivity index (χ2v) is 5.47. The zero-order valence-electron chi connectivity index (χ0n) is 11.3. The van der Waals surface area contributed by atoms with Gasteiger partial charge in [-0.1, -0.05) is 6.08 Å². The highest BCUT2D eigenvalue weighted by Gasteiger charge is 2.50. The molecule has 108 valence electrons.